The highest BCUT2D eigenvalue weighted by Crippen LogP contribution is 2.20. The summed E-state index contributed by atoms with van der Waals surface area (Å²) in [6.07, 6.45) is 2.52. The van der Waals surface area contributed by atoms with Gasteiger partial charge < -0.3 is 0 Å². The molecule has 0 N–H and O–H groups in total. The minimum atomic E-state index is 0.311. The average Bonchev–Trinajstić information content (AvgIpc) is 2.46. The lowest BCUT2D eigenvalue weighted by Crippen LogP contribution is -2.09. The van der Waals surface area contributed by atoms with Gasteiger partial charge in [0.25, 0.3) is 0 Å². The minimum Gasteiger partial charge on any atom is -0.298 e. The number of hydrogen-bond acceptors (Lipinski definition) is 2. The molecule has 0 saturated carbocycles. The summed E-state index contributed by atoms with van der Waals surface area (Å²) in [5, 5.41) is 4.19. The van der Waals surface area contributed by atoms with Crippen LogP contribution >= 0.6 is 0 Å². The molecule has 1 aromatic heterocycles. The van der Waals surface area contributed by atoms with Crippen LogP contribution in [0.3, 0.4) is 0 Å². The maximum absolute atomic E-state index is 10.7. The van der Waals surface area contributed by atoms with E-state index in [2.05, 4.69) is 32.8 Å². The molecule has 0 saturated heterocycles. The molecule has 0 bridgehead atoms. The Morgan fingerprint density at radius 3 is 2.38 bits per heavy atom. The summed E-state index contributed by atoms with van der Waals surface area (Å²) >= 11 is 0. The van der Waals surface area contributed by atoms with Crippen LogP contribution in [0.5, 0.6) is 0 Å². The Labute approximate surface area is 78.8 Å². The van der Waals surface area contributed by atoms with Crippen LogP contribution in [0.2, 0.25) is 0 Å². The van der Waals surface area contributed by atoms with Gasteiger partial charge in [-0.2, -0.15) is 5.10 Å². The van der Waals surface area contributed by atoms with Gasteiger partial charge in [0.15, 0.2) is 6.29 Å². The molecule has 0 aliphatic rings. The van der Waals surface area contributed by atoms with Crippen LogP contribution in [-0.4, -0.2) is 16.1 Å². The number of aromatic nitrogens is 2. The number of carbonyl (C=O) groups excluding carboxylic acids is 1. The third-order valence-electron chi connectivity index (χ3n) is 2.03. The van der Waals surface area contributed by atoms with E-state index in [4.69, 9.17) is 0 Å². The summed E-state index contributed by atoms with van der Waals surface area (Å²) in [7, 11) is 0. The van der Waals surface area contributed by atoms with E-state index in [0.29, 0.717) is 17.5 Å². The third kappa shape index (κ3) is 1.79. The number of hydrogen-bond donors (Lipinski definition) is 0. The Bertz CT molecular complexity index is 300. The van der Waals surface area contributed by atoms with E-state index in [1.807, 2.05) is 4.68 Å². The summed E-state index contributed by atoms with van der Waals surface area (Å²) in [5.41, 5.74) is 1.74. The standard InChI is InChI=1S/C10H16N2O/c1-7(2)10-9(6-13)5-11-12(10)8(3)4/h5-8H,1-4H3. The minimum absolute atomic E-state index is 0.311. The second-order valence-electron chi connectivity index (χ2n) is 3.80. The van der Waals surface area contributed by atoms with Crippen molar-refractivity contribution in [3.8, 4) is 0 Å². The fourth-order valence-electron chi connectivity index (χ4n) is 1.49. The van der Waals surface area contributed by atoms with Gasteiger partial charge in [0.05, 0.1) is 17.5 Å². The van der Waals surface area contributed by atoms with Gasteiger partial charge in [-0.3, -0.25) is 9.48 Å². The van der Waals surface area contributed by atoms with E-state index < -0.39 is 0 Å². The summed E-state index contributed by atoms with van der Waals surface area (Å²) in [6, 6.07) is 0.311. The molecule has 0 unspecified atom stereocenters. The molecule has 1 heterocycles. The first kappa shape index (κ1) is 9.96. The molecule has 72 valence electrons. The Kier molecular flexibility index (Phi) is 2.86. The summed E-state index contributed by atoms with van der Waals surface area (Å²) in [4.78, 5) is 10.7. The van der Waals surface area contributed by atoms with Gasteiger partial charge in [0.1, 0.15) is 0 Å². The van der Waals surface area contributed by atoms with Crippen LogP contribution in [-0.2, 0) is 0 Å². The monoisotopic (exact) mass is 180 g/mol. The first-order valence-electron chi connectivity index (χ1n) is 4.60. The molecule has 0 atom stereocenters. The van der Waals surface area contributed by atoms with Crippen LogP contribution in [0.15, 0.2) is 6.20 Å². The van der Waals surface area contributed by atoms with Gasteiger partial charge in [0.2, 0.25) is 0 Å². The lowest BCUT2D eigenvalue weighted by atomic mass is 10.1. The Hall–Kier alpha value is -1.12. The molecule has 0 spiro atoms. The molecule has 0 radical (unpaired) electrons. The van der Waals surface area contributed by atoms with Gasteiger partial charge in [-0.05, 0) is 19.8 Å². The molecule has 3 heteroatoms. The van der Waals surface area contributed by atoms with Crippen LogP contribution in [0.25, 0.3) is 0 Å². The molecule has 0 aliphatic carbocycles. The number of carbonyl (C=O) groups is 1. The summed E-state index contributed by atoms with van der Waals surface area (Å²) in [5.74, 6) is 0.338. The van der Waals surface area contributed by atoms with E-state index >= 15 is 0 Å². The highest BCUT2D eigenvalue weighted by molar-refractivity contribution is 5.76. The Morgan fingerprint density at radius 2 is 2.00 bits per heavy atom. The number of rotatable bonds is 3. The van der Waals surface area contributed by atoms with E-state index in [9.17, 15) is 4.79 Å². The largest absolute Gasteiger partial charge is 0.298 e. The fraction of sp³-hybridized carbons (Fsp3) is 0.600. The highest BCUT2D eigenvalue weighted by Gasteiger charge is 2.14. The lowest BCUT2D eigenvalue weighted by Gasteiger charge is -2.13. The average molecular weight is 180 g/mol. The third-order valence-corrected chi connectivity index (χ3v) is 2.03. The second-order valence-corrected chi connectivity index (χ2v) is 3.80. The fourth-order valence-corrected chi connectivity index (χ4v) is 1.49. The van der Waals surface area contributed by atoms with Crippen LogP contribution < -0.4 is 0 Å². The van der Waals surface area contributed by atoms with Crippen molar-refractivity contribution in [2.75, 3.05) is 0 Å². The molecule has 0 amide bonds. The number of aldehydes is 1. The molecule has 1 rings (SSSR count). The number of nitrogens with zero attached hydrogens (tertiary/aromatic N) is 2. The van der Waals surface area contributed by atoms with E-state index in [-0.39, 0.29) is 0 Å². The van der Waals surface area contributed by atoms with Crippen molar-refractivity contribution in [2.24, 2.45) is 0 Å². The zero-order chi connectivity index (χ0) is 10.0. The predicted octanol–water partition coefficient (Wildman–Crippen LogP) is 2.40. The molecule has 0 fully saturated rings. The van der Waals surface area contributed by atoms with Crippen molar-refractivity contribution in [2.45, 2.75) is 39.7 Å². The SMILES string of the molecule is CC(C)c1c(C=O)cnn1C(C)C. The van der Waals surface area contributed by atoms with Crippen molar-refractivity contribution in [3.63, 3.8) is 0 Å². The first-order valence-corrected chi connectivity index (χ1v) is 4.60. The highest BCUT2D eigenvalue weighted by atomic mass is 16.1. The normalized spacial score (nSPS) is 11.2. The zero-order valence-corrected chi connectivity index (χ0v) is 8.61. The van der Waals surface area contributed by atoms with E-state index in [1.165, 1.54) is 0 Å². The molecular formula is C10H16N2O. The Morgan fingerprint density at radius 1 is 1.38 bits per heavy atom. The maximum Gasteiger partial charge on any atom is 0.153 e. The predicted molar refractivity (Wildman–Crippen MR) is 52.1 cm³/mol. The van der Waals surface area contributed by atoms with Gasteiger partial charge in [-0.1, -0.05) is 13.8 Å². The van der Waals surface area contributed by atoms with E-state index in [1.54, 1.807) is 6.20 Å². The summed E-state index contributed by atoms with van der Waals surface area (Å²) in [6.45, 7) is 8.27. The molecular weight excluding hydrogens is 164 g/mol. The first-order chi connectivity index (χ1) is 6.07. The van der Waals surface area contributed by atoms with Crippen molar-refractivity contribution in [1.29, 1.82) is 0 Å². The second kappa shape index (κ2) is 3.73. The van der Waals surface area contributed by atoms with Crippen LogP contribution in [0.4, 0.5) is 0 Å². The van der Waals surface area contributed by atoms with Gasteiger partial charge >= 0.3 is 0 Å². The lowest BCUT2D eigenvalue weighted by molar-refractivity contribution is 0.112. The quantitative estimate of drug-likeness (QED) is 0.669. The Balaban J connectivity index is 3.21. The molecule has 1 aromatic rings. The van der Waals surface area contributed by atoms with Gasteiger partial charge in [-0.15, -0.1) is 0 Å². The smallest absolute Gasteiger partial charge is 0.153 e. The van der Waals surface area contributed by atoms with Crippen LogP contribution in [0, 0.1) is 0 Å². The maximum atomic E-state index is 10.7. The molecule has 0 aliphatic heterocycles. The molecule has 13 heavy (non-hydrogen) atoms. The van der Waals surface area contributed by atoms with Gasteiger partial charge in [0, 0.05) is 6.04 Å². The van der Waals surface area contributed by atoms with Crippen molar-refractivity contribution in [3.05, 3.63) is 17.5 Å². The van der Waals surface area contributed by atoms with Gasteiger partial charge in [-0.25, -0.2) is 0 Å². The van der Waals surface area contributed by atoms with Crippen molar-refractivity contribution in [1.82, 2.24) is 9.78 Å². The molecule has 3 nitrogen and oxygen atoms in total. The topological polar surface area (TPSA) is 34.9 Å². The van der Waals surface area contributed by atoms with E-state index in [0.717, 1.165) is 12.0 Å². The zero-order valence-electron chi connectivity index (χ0n) is 8.61. The molecule has 0 aromatic carbocycles. The van der Waals surface area contributed by atoms with Crippen molar-refractivity contribution >= 4 is 6.29 Å². The van der Waals surface area contributed by atoms with Crippen molar-refractivity contribution < 1.29 is 4.79 Å². The summed E-state index contributed by atoms with van der Waals surface area (Å²) < 4.78 is 1.91. The van der Waals surface area contributed by atoms with Crippen LogP contribution in [0.1, 0.15) is 55.7 Å².